The molecule has 158 valence electrons. The van der Waals surface area contributed by atoms with Crippen LogP contribution in [-0.4, -0.2) is 58.6 Å². The number of nitrogens with zero attached hydrogens (tertiary/aromatic N) is 4. The molecule has 0 unspecified atom stereocenters. The number of amidine groups is 1. The van der Waals surface area contributed by atoms with Gasteiger partial charge in [0.1, 0.15) is 5.84 Å². The molecule has 0 radical (unpaired) electrons. The second-order valence-electron chi connectivity index (χ2n) is 7.87. The zero-order valence-corrected chi connectivity index (χ0v) is 18.7. The first-order valence-corrected chi connectivity index (χ1v) is 10.9. The van der Waals surface area contributed by atoms with E-state index in [4.69, 9.17) is 0 Å². The van der Waals surface area contributed by atoms with Crippen LogP contribution in [0.2, 0.25) is 0 Å². The first-order chi connectivity index (χ1) is 12.8. The van der Waals surface area contributed by atoms with Crippen molar-refractivity contribution in [1.82, 2.24) is 9.80 Å². The summed E-state index contributed by atoms with van der Waals surface area (Å²) in [5.41, 5.74) is 0.770. The summed E-state index contributed by atoms with van der Waals surface area (Å²) in [6, 6.07) is 5.57. The molecule has 28 heavy (non-hydrogen) atoms. The zero-order valence-electron chi connectivity index (χ0n) is 17.8. The molecule has 2 N–H and O–H groups in total. The molecule has 0 saturated heterocycles. The summed E-state index contributed by atoms with van der Waals surface area (Å²) in [4.78, 5) is 40.5. The van der Waals surface area contributed by atoms with Gasteiger partial charge in [-0.2, -0.15) is 4.67 Å². The van der Waals surface area contributed by atoms with E-state index in [1.807, 2.05) is 53.6 Å². The highest BCUT2D eigenvalue weighted by Crippen LogP contribution is 2.45. The maximum atomic E-state index is 13.0. The molecule has 0 atom stereocenters. The summed E-state index contributed by atoms with van der Waals surface area (Å²) in [6.07, 6.45) is 0. The summed E-state index contributed by atoms with van der Waals surface area (Å²) >= 11 is 0. The van der Waals surface area contributed by atoms with Crippen LogP contribution < -0.4 is 4.67 Å². The third-order valence-electron chi connectivity index (χ3n) is 3.92. The number of rotatable bonds is 7. The zero-order chi connectivity index (χ0) is 21.6. The molecule has 0 aliphatic rings. The van der Waals surface area contributed by atoms with Crippen molar-refractivity contribution in [2.45, 2.75) is 34.6 Å². The number of hydrogen-bond donors (Lipinski definition) is 2. The largest absolute Gasteiger partial charge is 0.438 e. The first-order valence-electron chi connectivity index (χ1n) is 9.30. The summed E-state index contributed by atoms with van der Waals surface area (Å²) < 4.78 is 12.7. The van der Waals surface area contributed by atoms with Crippen molar-refractivity contribution < 1.29 is 19.1 Å². The van der Waals surface area contributed by atoms with Gasteiger partial charge in [0.2, 0.25) is 0 Å². The number of carbonyl (C=O) groups excluding carboxylic acids is 1. The van der Waals surface area contributed by atoms with Crippen LogP contribution in [0.25, 0.3) is 0 Å². The van der Waals surface area contributed by atoms with Crippen molar-refractivity contribution in [3.63, 3.8) is 0 Å². The van der Waals surface area contributed by atoms with Crippen LogP contribution in [0, 0.1) is 11.8 Å². The second kappa shape index (κ2) is 10.0. The summed E-state index contributed by atoms with van der Waals surface area (Å²) in [6.45, 7) is 10.5. The van der Waals surface area contributed by atoms with Crippen LogP contribution in [0.5, 0.6) is 0 Å². The average Bonchev–Trinajstić information content (AvgIpc) is 2.53. The van der Waals surface area contributed by atoms with E-state index in [1.165, 1.54) is 17.0 Å². The Labute approximate surface area is 168 Å². The van der Waals surface area contributed by atoms with Crippen LogP contribution in [0.4, 0.5) is 16.2 Å². The number of urea groups is 1. The fourth-order valence-electron chi connectivity index (χ4n) is 2.57. The Balaban J connectivity index is 3.26. The van der Waals surface area contributed by atoms with E-state index in [0.717, 1.165) is 5.84 Å². The van der Waals surface area contributed by atoms with E-state index in [-0.39, 0.29) is 17.5 Å². The van der Waals surface area contributed by atoms with E-state index < -0.39 is 13.8 Å². The van der Waals surface area contributed by atoms with Gasteiger partial charge in [0.25, 0.3) is 0 Å². The van der Waals surface area contributed by atoms with Gasteiger partial charge < -0.3 is 19.6 Å². The number of aliphatic imine (C=N–C) groups is 1. The summed E-state index contributed by atoms with van der Waals surface area (Å²) in [5, 5.41) is 0. The van der Waals surface area contributed by atoms with Gasteiger partial charge in [-0.1, -0.05) is 27.7 Å². The second-order valence-corrected chi connectivity index (χ2v) is 9.30. The monoisotopic (exact) mass is 412 g/mol. The fraction of sp³-hybridized carbons (Fsp3) is 0.579. The smallest absolute Gasteiger partial charge is 0.366 e. The minimum absolute atomic E-state index is 0.136. The number of benzene rings is 1. The van der Waals surface area contributed by atoms with Crippen molar-refractivity contribution in [3.05, 3.63) is 24.3 Å². The molecule has 1 aromatic rings. The van der Waals surface area contributed by atoms with Crippen LogP contribution in [-0.2, 0) is 4.57 Å². The maximum absolute atomic E-state index is 13.0. The number of amides is 2. The SMILES string of the molecule is CC(=Nc1ccc(N(C(=O)N(CC(C)C)CC(C)C)P(=O)(O)O)cc1)N(C)C. The molecule has 0 bridgehead atoms. The van der Waals surface area contributed by atoms with Crippen molar-refractivity contribution in [3.8, 4) is 0 Å². The molecule has 0 aliphatic heterocycles. The minimum atomic E-state index is -4.85. The molecule has 2 amide bonds. The van der Waals surface area contributed by atoms with E-state index in [9.17, 15) is 19.1 Å². The predicted octanol–water partition coefficient (Wildman–Crippen LogP) is 3.93. The Kier molecular flexibility index (Phi) is 8.67. The highest BCUT2D eigenvalue weighted by molar-refractivity contribution is 7.54. The molecule has 1 rings (SSSR count). The molecular weight excluding hydrogens is 379 g/mol. The molecule has 0 heterocycles. The van der Waals surface area contributed by atoms with Crippen LogP contribution >= 0.6 is 7.75 Å². The average molecular weight is 412 g/mol. The first kappa shape index (κ1) is 24.1. The van der Waals surface area contributed by atoms with E-state index in [0.29, 0.717) is 23.4 Å². The number of carbonyl (C=O) groups is 1. The third kappa shape index (κ3) is 7.26. The van der Waals surface area contributed by atoms with Gasteiger partial charge in [-0.05, 0) is 43.0 Å². The van der Waals surface area contributed by atoms with E-state index >= 15 is 0 Å². The lowest BCUT2D eigenvalue weighted by Crippen LogP contribution is -2.45. The van der Waals surface area contributed by atoms with Gasteiger partial charge in [0.05, 0.1) is 11.4 Å². The Morgan fingerprint density at radius 2 is 1.50 bits per heavy atom. The fourth-order valence-corrected chi connectivity index (χ4v) is 3.36. The van der Waals surface area contributed by atoms with Crippen molar-refractivity contribution in [2.75, 3.05) is 31.9 Å². The maximum Gasteiger partial charge on any atom is 0.438 e. The Morgan fingerprint density at radius 3 is 1.86 bits per heavy atom. The van der Waals surface area contributed by atoms with E-state index in [1.54, 1.807) is 12.1 Å². The Morgan fingerprint density at radius 1 is 1.04 bits per heavy atom. The van der Waals surface area contributed by atoms with Gasteiger partial charge in [0.15, 0.2) is 0 Å². The lowest BCUT2D eigenvalue weighted by molar-refractivity contribution is 0.191. The van der Waals surface area contributed by atoms with Gasteiger partial charge in [0, 0.05) is 27.2 Å². The molecule has 0 spiro atoms. The Bertz CT molecular complexity index is 716. The van der Waals surface area contributed by atoms with Crippen molar-refractivity contribution in [1.29, 1.82) is 0 Å². The minimum Gasteiger partial charge on any atom is -0.366 e. The number of anilines is 1. The quantitative estimate of drug-likeness (QED) is 0.402. The van der Waals surface area contributed by atoms with Gasteiger partial charge in [-0.3, -0.25) is 0 Å². The molecule has 8 nitrogen and oxygen atoms in total. The van der Waals surface area contributed by atoms with E-state index in [2.05, 4.69) is 4.99 Å². The molecular formula is C19H33N4O4P. The number of hydrogen-bond acceptors (Lipinski definition) is 3. The molecule has 1 aromatic carbocycles. The normalized spacial score (nSPS) is 12.5. The molecule has 0 fully saturated rings. The molecule has 0 aromatic heterocycles. The summed E-state index contributed by atoms with van der Waals surface area (Å²) in [7, 11) is -1.11. The lowest BCUT2D eigenvalue weighted by Gasteiger charge is -2.32. The highest BCUT2D eigenvalue weighted by atomic mass is 31.2. The van der Waals surface area contributed by atoms with Crippen molar-refractivity contribution in [2.24, 2.45) is 16.8 Å². The van der Waals surface area contributed by atoms with Gasteiger partial charge in [-0.15, -0.1) is 0 Å². The summed E-state index contributed by atoms with van der Waals surface area (Å²) in [5.74, 6) is 1.13. The predicted molar refractivity (Wildman–Crippen MR) is 114 cm³/mol. The van der Waals surface area contributed by atoms with Crippen LogP contribution in [0.15, 0.2) is 29.3 Å². The van der Waals surface area contributed by atoms with Gasteiger partial charge >= 0.3 is 13.8 Å². The standard InChI is InChI=1S/C19H33N4O4P/c1-14(2)12-22(13-15(3)4)19(24)23(28(25,26)27)18-10-8-17(9-11-18)20-16(5)21(6)7/h8-11,14-15H,12-13H2,1-7H3,(H2,25,26,27). The van der Waals surface area contributed by atoms with Crippen molar-refractivity contribution >= 4 is 31.0 Å². The highest BCUT2D eigenvalue weighted by Gasteiger charge is 2.35. The topological polar surface area (TPSA) is 96.7 Å². The Hall–Kier alpha value is -1.89. The lowest BCUT2D eigenvalue weighted by atomic mass is 10.1. The molecule has 9 heteroatoms. The van der Waals surface area contributed by atoms with Crippen LogP contribution in [0.3, 0.4) is 0 Å². The van der Waals surface area contributed by atoms with Gasteiger partial charge in [-0.25, -0.2) is 14.4 Å². The third-order valence-corrected chi connectivity index (χ3v) is 4.84. The molecule has 0 aliphatic carbocycles. The molecule has 0 saturated carbocycles. The van der Waals surface area contributed by atoms with Crippen LogP contribution in [0.1, 0.15) is 34.6 Å².